The number of sulfone groups is 1. The van der Waals surface area contributed by atoms with E-state index < -0.39 is 14.6 Å². The number of nitrogens with one attached hydrogen (secondary N) is 1. The average molecular weight is 301 g/mol. The van der Waals surface area contributed by atoms with Crippen LogP contribution in [0.15, 0.2) is 6.07 Å². The molecule has 0 aliphatic rings. The Kier molecular flexibility index (Phi) is 5.33. The maximum atomic E-state index is 11.6. The van der Waals surface area contributed by atoms with Crippen LogP contribution in [0, 0.1) is 6.92 Å². The zero-order valence-corrected chi connectivity index (χ0v) is 13.5. The van der Waals surface area contributed by atoms with Gasteiger partial charge in [0.1, 0.15) is 0 Å². The number of aryl methyl sites for hydroxylation is 1. The molecule has 6 nitrogen and oxygen atoms in total. The summed E-state index contributed by atoms with van der Waals surface area (Å²) in [5.41, 5.74) is 0.769. The van der Waals surface area contributed by atoms with Gasteiger partial charge in [0.05, 0.1) is 11.4 Å². The first-order valence-corrected chi connectivity index (χ1v) is 8.47. The SMILES string of the molecule is CCCOc1cc(C)nc(NCC(C)(C)S(C)(=O)=O)n1. The molecule has 0 saturated heterocycles. The van der Waals surface area contributed by atoms with Crippen LogP contribution in [0.25, 0.3) is 0 Å². The van der Waals surface area contributed by atoms with E-state index in [1.807, 2.05) is 13.8 Å². The maximum Gasteiger partial charge on any atom is 0.226 e. The minimum Gasteiger partial charge on any atom is -0.478 e. The number of hydrogen-bond donors (Lipinski definition) is 1. The van der Waals surface area contributed by atoms with E-state index >= 15 is 0 Å². The molecule has 1 aromatic heterocycles. The van der Waals surface area contributed by atoms with Gasteiger partial charge in [-0.15, -0.1) is 0 Å². The van der Waals surface area contributed by atoms with Crippen molar-refractivity contribution in [2.45, 2.75) is 38.9 Å². The maximum absolute atomic E-state index is 11.6. The molecule has 1 aromatic rings. The number of aromatic nitrogens is 2. The number of nitrogens with zero attached hydrogens (tertiary/aromatic N) is 2. The van der Waals surface area contributed by atoms with Crippen molar-refractivity contribution in [1.82, 2.24) is 9.97 Å². The second-order valence-corrected chi connectivity index (χ2v) is 8.05. The Balaban J connectivity index is 2.80. The molecule has 0 saturated carbocycles. The molecule has 0 radical (unpaired) electrons. The Morgan fingerprint density at radius 2 is 2.00 bits per heavy atom. The van der Waals surface area contributed by atoms with Crippen molar-refractivity contribution in [3.05, 3.63) is 11.8 Å². The summed E-state index contributed by atoms with van der Waals surface area (Å²) in [6.45, 7) is 8.02. The van der Waals surface area contributed by atoms with E-state index in [2.05, 4.69) is 15.3 Å². The van der Waals surface area contributed by atoms with Crippen LogP contribution in [0.1, 0.15) is 32.9 Å². The molecule has 0 fully saturated rings. The fourth-order valence-corrected chi connectivity index (χ4v) is 1.66. The molecule has 0 aromatic carbocycles. The molecule has 1 rings (SSSR count). The van der Waals surface area contributed by atoms with E-state index in [1.54, 1.807) is 19.9 Å². The van der Waals surface area contributed by atoms with Gasteiger partial charge in [-0.2, -0.15) is 4.98 Å². The van der Waals surface area contributed by atoms with Crippen molar-refractivity contribution in [3.8, 4) is 5.88 Å². The van der Waals surface area contributed by atoms with Gasteiger partial charge in [-0.3, -0.25) is 0 Å². The lowest BCUT2D eigenvalue weighted by atomic mass is 10.2. The summed E-state index contributed by atoms with van der Waals surface area (Å²) in [6.07, 6.45) is 2.12. The Bertz CT molecular complexity index is 556. The number of rotatable bonds is 7. The highest BCUT2D eigenvalue weighted by Crippen LogP contribution is 2.17. The van der Waals surface area contributed by atoms with Crippen LogP contribution in [0.3, 0.4) is 0 Å². The van der Waals surface area contributed by atoms with Gasteiger partial charge in [0.2, 0.25) is 11.8 Å². The highest BCUT2D eigenvalue weighted by atomic mass is 32.2. The zero-order valence-electron chi connectivity index (χ0n) is 12.7. The summed E-state index contributed by atoms with van der Waals surface area (Å²) in [5.74, 6) is 0.881. The van der Waals surface area contributed by atoms with Crippen molar-refractivity contribution < 1.29 is 13.2 Å². The van der Waals surface area contributed by atoms with Crippen LogP contribution < -0.4 is 10.1 Å². The van der Waals surface area contributed by atoms with Crippen molar-refractivity contribution >= 4 is 15.8 Å². The minimum absolute atomic E-state index is 0.239. The quantitative estimate of drug-likeness (QED) is 0.827. The van der Waals surface area contributed by atoms with E-state index in [-0.39, 0.29) is 6.54 Å². The first-order valence-electron chi connectivity index (χ1n) is 6.57. The number of anilines is 1. The third-order valence-corrected chi connectivity index (χ3v) is 5.11. The van der Waals surface area contributed by atoms with Gasteiger partial charge >= 0.3 is 0 Å². The predicted molar refractivity (Wildman–Crippen MR) is 80.0 cm³/mol. The van der Waals surface area contributed by atoms with Crippen molar-refractivity contribution in [2.75, 3.05) is 24.7 Å². The molecule has 1 N–H and O–H groups in total. The summed E-state index contributed by atoms with van der Waals surface area (Å²) < 4.78 is 27.9. The highest BCUT2D eigenvalue weighted by Gasteiger charge is 2.30. The van der Waals surface area contributed by atoms with Crippen LogP contribution >= 0.6 is 0 Å². The molecule has 0 bridgehead atoms. The third kappa shape index (κ3) is 4.63. The summed E-state index contributed by atoms with van der Waals surface area (Å²) in [5, 5.41) is 2.97. The van der Waals surface area contributed by atoms with Crippen molar-refractivity contribution in [2.24, 2.45) is 0 Å². The number of hydrogen-bond acceptors (Lipinski definition) is 6. The smallest absolute Gasteiger partial charge is 0.226 e. The largest absolute Gasteiger partial charge is 0.478 e. The summed E-state index contributed by atoms with van der Waals surface area (Å²) in [6, 6.07) is 1.75. The van der Waals surface area contributed by atoms with Crippen LogP contribution in [0.5, 0.6) is 5.88 Å². The normalized spacial score (nSPS) is 12.2. The average Bonchev–Trinajstić information content (AvgIpc) is 2.32. The highest BCUT2D eigenvalue weighted by molar-refractivity contribution is 7.92. The minimum atomic E-state index is -3.16. The van der Waals surface area contributed by atoms with Crippen molar-refractivity contribution in [1.29, 1.82) is 0 Å². The molecule has 0 spiro atoms. The molecule has 1 heterocycles. The van der Waals surface area contributed by atoms with Gasteiger partial charge in [0.15, 0.2) is 9.84 Å². The fraction of sp³-hybridized carbons (Fsp3) is 0.692. The van der Waals surface area contributed by atoms with Gasteiger partial charge in [-0.25, -0.2) is 13.4 Å². The van der Waals surface area contributed by atoms with E-state index in [1.165, 1.54) is 6.26 Å². The Morgan fingerprint density at radius 3 is 2.55 bits per heavy atom. The van der Waals surface area contributed by atoms with Gasteiger partial charge in [0.25, 0.3) is 0 Å². The second kappa shape index (κ2) is 6.39. The molecule has 0 amide bonds. The third-order valence-electron chi connectivity index (χ3n) is 2.96. The lowest BCUT2D eigenvalue weighted by Crippen LogP contribution is -2.38. The van der Waals surface area contributed by atoms with E-state index in [0.29, 0.717) is 18.4 Å². The topological polar surface area (TPSA) is 81.2 Å². The Morgan fingerprint density at radius 1 is 1.35 bits per heavy atom. The Hall–Kier alpha value is -1.37. The summed E-state index contributed by atoms with van der Waals surface area (Å²) >= 11 is 0. The van der Waals surface area contributed by atoms with Gasteiger partial charge in [-0.1, -0.05) is 6.92 Å². The van der Waals surface area contributed by atoms with E-state index in [0.717, 1.165) is 12.1 Å². The molecule has 0 unspecified atom stereocenters. The molecular weight excluding hydrogens is 278 g/mol. The molecule has 114 valence electrons. The summed E-state index contributed by atoms with van der Waals surface area (Å²) in [7, 11) is -3.16. The summed E-state index contributed by atoms with van der Waals surface area (Å²) in [4.78, 5) is 8.45. The first kappa shape index (κ1) is 16.7. The van der Waals surface area contributed by atoms with Crippen LogP contribution in [0.2, 0.25) is 0 Å². The molecule has 0 aliphatic heterocycles. The molecule has 7 heteroatoms. The Labute approximate surface area is 120 Å². The first-order chi connectivity index (χ1) is 9.15. The fourth-order valence-electron chi connectivity index (χ4n) is 1.32. The van der Waals surface area contributed by atoms with Gasteiger partial charge in [0, 0.05) is 24.6 Å². The lowest BCUT2D eigenvalue weighted by molar-refractivity contribution is 0.305. The van der Waals surface area contributed by atoms with E-state index in [4.69, 9.17) is 4.74 Å². The molecular formula is C13H23N3O3S. The number of ether oxygens (including phenoxy) is 1. The molecule has 0 aliphatic carbocycles. The van der Waals surface area contributed by atoms with Crippen molar-refractivity contribution in [3.63, 3.8) is 0 Å². The predicted octanol–water partition coefficient (Wildman–Crippen LogP) is 1.81. The second-order valence-electron chi connectivity index (χ2n) is 5.41. The standard InChI is InChI=1S/C13H23N3O3S/c1-6-7-19-11-8-10(2)15-12(16-11)14-9-13(3,4)20(5,17)18/h8H,6-7,9H2,1-5H3,(H,14,15,16). The van der Waals surface area contributed by atoms with Crippen LogP contribution in [0.4, 0.5) is 5.95 Å². The van der Waals surface area contributed by atoms with Crippen LogP contribution in [-0.4, -0.2) is 42.5 Å². The van der Waals surface area contributed by atoms with Crippen LogP contribution in [-0.2, 0) is 9.84 Å². The van der Waals surface area contributed by atoms with E-state index in [9.17, 15) is 8.42 Å². The van der Waals surface area contributed by atoms with Gasteiger partial charge in [-0.05, 0) is 27.2 Å². The zero-order chi connectivity index (χ0) is 15.4. The molecule has 20 heavy (non-hydrogen) atoms. The molecule has 0 atom stereocenters. The van der Waals surface area contributed by atoms with Gasteiger partial charge < -0.3 is 10.1 Å². The lowest BCUT2D eigenvalue weighted by Gasteiger charge is -2.22. The monoisotopic (exact) mass is 301 g/mol.